The fourth-order valence-electron chi connectivity index (χ4n) is 2.96. The van der Waals surface area contributed by atoms with Crippen molar-refractivity contribution in [3.8, 4) is 5.75 Å². The lowest BCUT2D eigenvalue weighted by molar-refractivity contribution is -0.129. The Morgan fingerprint density at radius 2 is 1.87 bits per heavy atom. The molecule has 0 bridgehead atoms. The Balaban J connectivity index is 1.60. The SMILES string of the molecule is Cc1cc(C2=N/C(=C\c3ccccc3OCc3ccccc3Br)C(=O)O2)ccc1I. The van der Waals surface area contributed by atoms with Crippen molar-refractivity contribution in [2.75, 3.05) is 0 Å². The summed E-state index contributed by atoms with van der Waals surface area (Å²) in [4.78, 5) is 16.8. The van der Waals surface area contributed by atoms with Crippen LogP contribution >= 0.6 is 38.5 Å². The molecule has 30 heavy (non-hydrogen) atoms. The molecule has 0 saturated carbocycles. The van der Waals surface area contributed by atoms with Crippen molar-refractivity contribution in [2.45, 2.75) is 13.5 Å². The van der Waals surface area contributed by atoms with Gasteiger partial charge in [-0.2, -0.15) is 0 Å². The van der Waals surface area contributed by atoms with Gasteiger partial charge in [0, 0.05) is 24.7 Å². The number of benzene rings is 3. The number of halogens is 2. The van der Waals surface area contributed by atoms with Gasteiger partial charge in [-0.3, -0.25) is 0 Å². The van der Waals surface area contributed by atoms with E-state index in [2.05, 4.69) is 43.5 Å². The fourth-order valence-corrected chi connectivity index (χ4v) is 3.69. The van der Waals surface area contributed by atoms with E-state index in [-0.39, 0.29) is 5.70 Å². The van der Waals surface area contributed by atoms with Gasteiger partial charge in [-0.25, -0.2) is 9.79 Å². The Kier molecular flexibility index (Phi) is 6.34. The van der Waals surface area contributed by atoms with Crippen LogP contribution in [-0.2, 0) is 16.1 Å². The number of ether oxygens (including phenoxy) is 2. The monoisotopic (exact) mass is 573 g/mol. The molecule has 150 valence electrons. The van der Waals surface area contributed by atoms with E-state index in [1.807, 2.05) is 73.7 Å². The van der Waals surface area contributed by atoms with Gasteiger partial charge in [-0.15, -0.1) is 0 Å². The third-order valence-corrected chi connectivity index (χ3v) is 6.56. The summed E-state index contributed by atoms with van der Waals surface area (Å²) in [6.07, 6.45) is 1.70. The number of cyclic esters (lactones) is 1. The number of carbonyl (C=O) groups excluding carboxylic acids is 1. The molecule has 0 amide bonds. The highest BCUT2D eigenvalue weighted by Gasteiger charge is 2.24. The molecule has 4 rings (SSSR count). The van der Waals surface area contributed by atoms with Gasteiger partial charge in [0.25, 0.3) is 0 Å². The van der Waals surface area contributed by atoms with E-state index in [0.717, 1.165) is 30.3 Å². The zero-order valence-corrected chi connectivity index (χ0v) is 19.8. The van der Waals surface area contributed by atoms with Crippen molar-refractivity contribution in [3.05, 3.63) is 103 Å². The number of esters is 1. The second-order valence-corrected chi connectivity index (χ2v) is 8.73. The number of carbonyl (C=O) groups is 1. The Morgan fingerprint density at radius 1 is 1.10 bits per heavy atom. The highest BCUT2D eigenvalue weighted by molar-refractivity contribution is 14.1. The lowest BCUT2D eigenvalue weighted by Gasteiger charge is -2.10. The van der Waals surface area contributed by atoms with Crippen LogP contribution in [0.2, 0.25) is 0 Å². The lowest BCUT2D eigenvalue weighted by Crippen LogP contribution is -2.05. The maximum Gasteiger partial charge on any atom is 0.363 e. The Labute approximate surface area is 196 Å². The Morgan fingerprint density at radius 3 is 2.67 bits per heavy atom. The number of para-hydroxylation sites is 1. The molecule has 0 aromatic heterocycles. The first-order chi connectivity index (χ1) is 14.5. The maximum atomic E-state index is 12.4. The van der Waals surface area contributed by atoms with Gasteiger partial charge in [-0.1, -0.05) is 52.3 Å². The Bertz CT molecular complexity index is 1190. The van der Waals surface area contributed by atoms with Crippen LogP contribution in [0.15, 0.2) is 81.9 Å². The van der Waals surface area contributed by atoms with Crippen LogP contribution in [0.4, 0.5) is 0 Å². The minimum Gasteiger partial charge on any atom is -0.488 e. The number of hydrogen-bond acceptors (Lipinski definition) is 4. The molecule has 1 aliphatic heterocycles. The summed E-state index contributed by atoms with van der Waals surface area (Å²) in [6, 6.07) is 21.3. The van der Waals surface area contributed by atoms with Crippen LogP contribution in [0.3, 0.4) is 0 Å². The normalized spacial score (nSPS) is 14.6. The second-order valence-electron chi connectivity index (χ2n) is 6.72. The summed E-state index contributed by atoms with van der Waals surface area (Å²) < 4.78 is 13.6. The van der Waals surface area contributed by atoms with Crippen LogP contribution in [-0.4, -0.2) is 11.9 Å². The standard InChI is InChI=1S/C24H17BrINO3/c1-15-12-17(10-11-20(15)26)23-27-21(24(28)30-23)13-16-6-3-5-9-22(16)29-14-18-7-2-4-8-19(18)25/h2-13H,14H2,1H3/b21-13-. The van der Waals surface area contributed by atoms with Crippen LogP contribution in [0.1, 0.15) is 22.3 Å². The van der Waals surface area contributed by atoms with Crippen molar-refractivity contribution >= 4 is 56.5 Å². The lowest BCUT2D eigenvalue weighted by atomic mass is 10.1. The number of rotatable bonds is 5. The van der Waals surface area contributed by atoms with E-state index in [9.17, 15) is 4.79 Å². The summed E-state index contributed by atoms with van der Waals surface area (Å²) in [5, 5.41) is 0. The van der Waals surface area contributed by atoms with Gasteiger partial charge in [0.2, 0.25) is 5.90 Å². The first-order valence-electron chi connectivity index (χ1n) is 9.25. The van der Waals surface area contributed by atoms with E-state index in [4.69, 9.17) is 9.47 Å². The number of aliphatic imine (C=N–C) groups is 1. The van der Waals surface area contributed by atoms with Gasteiger partial charge in [0.1, 0.15) is 12.4 Å². The molecular weight excluding hydrogens is 557 g/mol. The predicted octanol–water partition coefficient (Wildman–Crippen LogP) is 6.29. The molecule has 1 aliphatic rings. The van der Waals surface area contributed by atoms with E-state index in [0.29, 0.717) is 18.3 Å². The highest BCUT2D eigenvalue weighted by Crippen LogP contribution is 2.27. The molecule has 0 aliphatic carbocycles. The van der Waals surface area contributed by atoms with Crippen LogP contribution < -0.4 is 4.74 Å². The largest absolute Gasteiger partial charge is 0.488 e. The molecule has 1 heterocycles. The topological polar surface area (TPSA) is 47.9 Å². The van der Waals surface area contributed by atoms with E-state index < -0.39 is 5.97 Å². The van der Waals surface area contributed by atoms with E-state index in [1.165, 1.54) is 0 Å². The number of nitrogens with zero attached hydrogens (tertiary/aromatic N) is 1. The first-order valence-corrected chi connectivity index (χ1v) is 11.1. The summed E-state index contributed by atoms with van der Waals surface area (Å²) in [7, 11) is 0. The zero-order valence-electron chi connectivity index (χ0n) is 16.1. The molecule has 0 radical (unpaired) electrons. The average molecular weight is 574 g/mol. The van der Waals surface area contributed by atoms with Crippen LogP contribution in [0.5, 0.6) is 5.75 Å². The molecule has 0 saturated heterocycles. The quantitative estimate of drug-likeness (QED) is 0.205. The molecule has 0 N–H and O–H groups in total. The molecule has 0 unspecified atom stereocenters. The molecule has 4 nitrogen and oxygen atoms in total. The van der Waals surface area contributed by atoms with Crippen molar-refractivity contribution in [3.63, 3.8) is 0 Å². The Hall–Kier alpha value is -2.45. The van der Waals surface area contributed by atoms with Gasteiger partial charge < -0.3 is 9.47 Å². The van der Waals surface area contributed by atoms with Crippen LogP contribution in [0, 0.1) is 10.5 Å². The third kappa shape index (κ3) is 4.65. The van der Waals surface area contributed by atoms with Crippen molar-refractivity contribution < 1.29 is 14.3 Å². The molecule has 0 fully saturated rings. The summed E-state index contributed by atoms with van der Waals surface area (Å²) in [5.74, 6) is 0.515. The first kappa shape index (κ1) is 20.8. The molecule has 3 aromatic rings. The van der Waals surface area contributed by atoms with Crippen molar-refractivity contribution in [2.24, 2.45) is 4.99 Å². The fraction of sp³-hybridized carbons (Fsp3) is 0.0833. The summed E-state index contributed by atoms with van der Waals surface area (Å²) >= 11 is 5.80. The number of hydrogen-bond donors (Lipinski definition) is 0. The van der Waals surface area contributed by atoms with E-state index >= 15 is 0 Å². The van der Waals surface area contributed by atoms with Gasteiger partial charge in [0.05, 0.1) is 0 Å². The molecule has 3 aromatic carbocycles. The smallest absolute Gasteiger partial charge is 0.363 e. The average Bonchev–Trinajstić information content (AvgIpc) is 3.11. The summed E-state index contributed by atoms with van der Waals surface area (Å²) in [5.41, 5.74) is 3.94. The van der Waals surface area contributed by atoms with Crippen molar-refractivity contribution in [1.82, 2.24) is 0 Å². The molecular formula is C24H17BrINO3. The van der Waals surface area contributed by atoms with Gasteiger partial charge in [-0.05, 0) is 71.5 Å². The molecule has 6 heteroatoms. The zero-order chi connectivity index (χ0) is 21.1. The second kappa shape index (κ2) is 9.14. The number of aryl methyl sites for hydroxylation is 1. The predicted molar refractivity (Wildman–Crippen MR) is 129 cm³/mol. The van der Waals surface area contributed by atoms with Gasteiger partial charge in [0.15, 0.2) is 5.70 Å². The molecule has 0 atom stereocenters. The van der Waals surface area contributed by atoms with E-state index in [1.54, 1.807) is 6.08 Å². The minimum absolute atomic E-state index is 0.248. The minimum atomic E-state index is -0.471. The van der Waals surface area contributed by atoms with Gasteiger partial charge >= 0.3 is 5.97 Å². The van der Waals surface area contributed by atoms with Crippen molar-refractivity contribution in [1.29, 1.82) is 0 Å². The maximum absolute atomic E-state index is 12.4. The van der Waals surface area contributed by atoms with Crippen LogP contribution in [0.25, 0.3) is 6.08 Å². The highest BCUT2D eigenvalue weighted by atomic mass is 127. The third-order valence-electron chi connectivity index (χ3n) is 4.58. The molecule has 0 spiro atoms. The summed E-state index contributed by atoms with van der Waals surface area (Å²) in [6.45, 7) is 2.42.